The number of nitrogens with one attached hydrogen (secondary N) is 1. The Hall–Kier alpha value is -0.740. The van der Waals surface area contributed by atoms with E-state index in [1.165, 1.54) is 37.9 Å². The number of ether oxygens (including phenoxy) is 1. The fourth-order valence-corrected chi connectivity index (χ4v) is 3.07. The van der Waals surface area contributed by atoms with Gasteiger partial charge in [-0.1, -0.05) is 6.42 Å². The van der Waals surface area contributed by atoms with E-state index in [1.54, 1.807) is 7.11 Å². The highest BCUT2D eigenvalue weighted by atomic mass is 79.9. The van der Waals surface area contributed by atoms with Crippen molar-refractivity contribution in [1.29, 1.82) is 0 Å². The Morgan fingerprint density at radius 3 is 2.89 bits per heavy atom. The minimum Gasteiger partial charge on any atom is -0.496 e. The molecule has 4 heteroatoms. The highest BCUT2D eigenvalue weighted by molar-refractivity contribution is 9.10. The van der Waals surface area contributed by atoms with Crippen molar-refractivity contribution in [2.45, 2.75) is 31.7 Å². The van der Waals surface area contributed by atoms with Crippen molar-refractivity contribution in [1.82, 2.24) is 5.32 Å². The number of halogens is 1. The van der Waals surface area contributed by atoms with Gasteiger partial charge in [-0.05, 0) is 59.9 Å². The van der Waals surface area contributed by atoms with E-state index in [2.05, 4.69) is 45.3 Å². The summed E-state index contributed by atoms with van der Waals surface area (Å²) in [5, 5.41) is 3.60. The van der Waals surface area contributed by atoms with Gasteiger partial charge in [0.1, 0.15) is 5.75 Å². The predicted molar refractivity (Wildman–Crippen MR) is 84.2 cm³/mol. The van der Waals surface area contributed by atoms with Crippen LogP contribution in [0.4, 0.5) is 5.69 Å². The minimum absolute atomic E-state index is 0.692. The standard InChI is InChI=1S/C15H23BrN2O/c1-18(10-8-12-5-3-4-9-17-12)13-6-7-15(19-2)14(16)11-13/h6-7,11-12,17H,3-5,8-10H2,1-2H3. The van der Waals surface area contributed by atoms with E-state index in [0.717, 1.165) is 16.8 Å². The molecule has 0 spiro atoms. The molecule has 106 valence electrons. The minimum atomic E-state index is 0.692. The summed E-state index contributed by atoms with van der Waals surface area (Å²) in [4.78, 5) is 2.31. The lowest BCUT2D eigenvalue weighted by molar-refractivity contribution is 0.384. The van der Waals surface area contributed by atoms with Crippen molar-refractivity contribution in [3.63, 3.8) is 0 Å². The lowest BCUT2D eigenvalue weighted by Gasteiger charge is -2.27. The second kappa shape index (κ2) is 7.15. The van der Waals surface area contributed by atoms with Gasteiger partial charge in [0.25, 0.3) is 0 Å². The average Bonchev–Trinajstić information content (AvgIpc) is 2.45. The largest absolute Gasteiger partial charge is 0.496 e. The van der Waals surface area contributed by atoms with Crippen molar-refractivity contribution >= 4 is 21.6 Å². The van der Waals surface area contributed by atoms with Crippen LogP contribution in [0.2, 0.25) is 0 Å². The summed E-state index contributed by atoms with van der Waals surface area (Å²) < 4.78 is 6.27. The summed E-state index contributed by atoms with van der Waals surface area (Å²) in [6.45, 7) is 2.26. The number of rotatable bonds is 5. The Morgan fingerprint density at radius 2 is 2.26 bits per heavy atom. The maximum Gasteiger partial charge on any atom is 0.133 e. The lowest BCUT2D eigenvalue weighted by Crippen LogP contribution is -2.36. The van der Waals surface area contributed by atoms with Crippen LogP contribution in [-0.4, -0.2) is 33.3 Å². The fourth-order valence-electron chi connectivity index (χ4n) is 2.54. The van der Waals surface area contributed by atoms with Crippen LogP contribution in [0.3, 0.4) is 0 Å². The van der Waals surface area contributed by atoms with E-state index < -0.39 is 0 Å². The Kier molecular flexibility index (Phi) is 5.52. The summed E-state index contributed by atoms with van der Waals surface area (Å²) in [5.74, 6) is 0.881. The lowest BCUT2D eigenvalue weighted by atomic mass is 10.0. The van der Waals surface area contributed by atoms with Gasteiger partial charge in [0.15, 0.2) is 0 Å². The first-order chi connectivity index (χ1) is 9.20. The molecule has 1 aromatic rings. The zero-order valence-corrected chi connectivity index (χ0v) is 13.4. The van der Waals surface area contributed by atoms with E-state index >= 15 is 0 Å². The Labute approximate surface area is 124 Å². The van der Waals surface area contributed by atoms with E-state index in [1.807, 2.05) is 6.07 Å². The number of benzene rings is 1. The van der Waals surface area contributed by atoms with Crippen LogP contribution in [0.5, 0.6) is 5.75 Å². The summed E-state index contributed by atoms with van der Waals surface area (Å²) in [6, 6.07) is 6.93. The molecule has 1 unspecified atom stereocenters. The zero-order valence-electron chi connectivity index (χ0n) is 11.8. The third kappa shape index (κ3) is 4.11. The number of hydrogen-bond donors (Lipinski definition) is 1. The molecule has 1 aliphatic rings. The molecule has 3 nitrogen and oxygen atoms in total. The third-order valence-electron chi connectivity index (χ3n) is 3.80. The fraction of sp³-hybridized carbons (Fsp3) is 0.600. The molecule has 0 aliphatic carbocycles. The van der Waals surface area contributed by atoms with Gasteiger partial charge in [-0.2, -0.15) is 0 Å². The molecule has 1 heterocycles. The molecule has 2 rings (SSSR count). The summed E-state index contributed by atoms with van der Waals surface area (Å²) in [6.07, 6.45) is 5.23. The number of nitrogens with zero attached hydrogens (tertiary/aromatic N) is 1. The SMILES string of the molecule is COc1ccc(N(C)CCC2CCCCN2)cc1Br. The van der Waals surface area contributed by atoms with Gasteiger partial charge in [-0.3, -0.25) is 0 Å². The number of anilines is 1. The predicted octanol–water partition coefficient (Wildman–Crippen LogP) is 3.43. The third-order valence-corrected chi connectivity index (χ3v) is 4.42. The highest BCUT2D eigenvalue weighted by Crippen LogP contribution is 2.29. The maximum atomic E-state index is 5.26. The van der Waals surface area contributed by atoms with E-state index in [-0.39, 0.29) is 0 Å². The smallest absolute Gasteiger partial charge is 0.133 e. The number of piperidine rings is 1. The molecule has 0 saturated carbocycles. The molecular weight excluding hydrogens is 304 g/mol. The molecule has 19 heavy (non-hydrogen) atoms. The van der Waals surface area contributed by atoms with E-state index in [9.17, 15) is 0 Å². The topological polar surface area (TPSA) is 24.5 Å². The van der Waals surface area contributed by atoms with Crippen molar-refractivity contribution in [3.05, 3.63) is 22.7 Å². The molecule has 1 aliphatic heterocycles. The molecule has 1 N–H and O–H groups in total. The van der Waals surface area contributed by atoms with E-state index in [0.29, 0.717) is 6.04 Å². The Morgan fingerprint density at radius 1 is 1.42 bits per heavy atom. The zero-order chi connectivity index (χ0) is 13.7. The van der Waals surface area contributed by atoms with Crippen LogP contribution in [0.1, 0.15) is 25.7 Å². The van der Waals surface area contributed by atoms with Crippen molar-refractivity contribution in [2.24, 2.45) is 0 Å². The number of methoxy groups -OCH3 is 1. The summed E-state index contributed by atoms with van der Waals surface area (Å²) in [5.41, 5.74) is 1.23. The van der Waals surface area contributed by atoms with Crippen molar-refractivity contribution in [3.8, 4) is 5.75 Å². The van der Waals surface area contributed by atoms with Gasteiger partial charge in [0.05, 0.1) is 11.6 Å². The summed E-state index contributed by atoms with van der Waals surface area (Å²) in [7, 11) is 3.84. The van der Waals surface area contributed by atoms with Crippen LogP contribution >= 0.6 is 15.9 Å². The Bertz CT molecular complexity index is 405. The molecule has 0 radical (unpaired) electrons. The molecule has 1 fully saturated rings. The molecule has 1 atom stereocenters. The first-order valence-electron chi connectivity index (χ1n) is 6.99. The quantitative estimate of drug-likeness (QED) is 0.897. The first-order valence-corrected chi connectivity index (χ1v) is 7.78. The first kappa shape index (κ1) is 14.7. The Balaban J connectivity index is 1.88. The van der Waals surface area contributed by atoms with Gasteiger partial charge >= 0.3 is 0 Å². The molecular formula is C15H23BrN2O. The van der Waals surface area contributed by atoms with Gasteiger partial charge in [0.2, 0.25) is 0 Å². The van der Waals surface area contributed by atoms with Crippen LogP contribution in [0.15, 0.2) is 22.7 Å². The molecule has 1 saturated heterocycles. The average molecular weight is 327 g/mol. The van der Waals surface area contributed by atoms with E-state index in [4.69, 9.17) is 4.74 Å². The van der Waals surface area contributed by atoms with Crippen LogP contribution in [0.25, 0.3) is 0 Å². The second-order valence-electron chi connectivity index (χ2n) is 5.18. The van der Waals surface area contributed by atoms with Crippen LogP contribution in [-0.2, 0) is 0 Å². The monoisotopic (exact) mass is 326 g/mol. The molecule has 0 aromatic heterocycles. The van der Waals surface area contributed by atoms with Gasteiger partial charge in [-0.25, -0.2) is 0 Å². The second-order valence-corrected chi connectivity index (χ2v) is 6.03. The highest BCUT2D eigenvalue weighted by Gasteiger charge is 2.13. The summed E-state index contributed by atoms with van der Waals surface area (Å²) >= 11 is 3.54. The molecule has 0 bridgehead atoms. The van der Waals surface area contributed by atoms with Gasteiger partial charge in [-0.15, -0.1) is 0 Å². The van der Waals surface area contributed by atoms with Gasteiger partial charge < -0.3 is 15.0 Å². The molecule has 1 aromatic carbocycles. The maximum absolute atomic E-state index is 5.26. The molecule has 0 amide bonds. The van der Waals surface area contributed by atoms with Crippen LogP contribution < -0.4 is 15.0 Å². The normalized spacial score (nSPS) is 19.2. The van der Waals surface area contributed by atoms with Gasteiger partial charge in [0, 0.05) is 25.3 Å². The van der Waals surface area contributed by atoms with Crippen molar-refractivity contribution < 1.29 is 4.74 Å². The van der Waals surface area contributed by atoms with Crippen LogP contribution in [0, 0.1) is 0 Å². The number of hydrogen-bond acceptors (Lipinski definition) is 3. The van der Waals surface area contributed by atoms with Crippen molar-refractivity contribution in [2.75, 3.05) is 32.1 Å².